The van der Waals surface area contributed by atoms with Crippen molar-refractivity contribution in [1.82, 2.24) is 15.1 Å². The van der Waals surface area contributed by atoms with E-state index in [-0.39, 0.29) is 24.0 Å². The lowest BCUT2D eigenvalue weighted by Gasteiger charge is -2.23. The SMILES string of the molecule is CCNC(=NCc1cccc(N2CC=CC2)c1)N1CCC(CN2CCCC2)C1.I. The van der Waals surface area contributed by atoms with Crippen molar-refractivity contribution in [3.63, 3.8) is 0 Å². The van der Waals surface area contributed by atoms with E-state index in [4.69, 9.17) is 4.99 Å². The van der Waals surface area contributed by atoms with Crippen LogP contribution in [0.3, 0.4) is 0 Å². The number of nitrogens with zero attached hydrogens (tertiary/aromatic N) is 4. The molecule has 0 spiro atoms. The van der Waals surface area contributed by atoms with Crippen LogP contribution in [0.5, 0.6) is 0 Å². The van der Waals surface area contributed by atoms with Crippen molar-refractivity contribution < 1.29 is 0 Å². The van der Waals surface area contributed by atoms with Crippen LogP contribution in [0.1, 0.15) is 31.7 Å². The minimum atomic E-state index is 0. The summed E-state index contributed by atoms with van der Waals surface area (Å²) in [5.41, 5.74) is 2.59. The van der Waals surface area contributed by atoms with E-state index in [0.717, 1.165) is 51.1 Å². The molecule has 29 heavy (non-hydrogen) atoms. The number of nitrogens with one attached hydrogen (secondary N) is 1. The molecule has 3 aliphatic rings. The first-order valence-electron chi connectivity index (χ1n) is 11.1. The van der Waals surface area contributed by atoms with Gasteiger partial charge in [0.15, 0.2) is 5.96 Å². The Labute approximate surface area is 193 Å². The van der Waals surface area contributed by atoms with Gasteiger partial charge in [0.1, 0.15) is 0 Å². The van der Waals surface area contributed by atoms with E-state index < -0.39 is 0 Å². The van der Waals surface area contributed by atoms with Crippen molar-refractivity contribution >= 4 is 35.6 Å². The molecule has 1 aromatic carbocycles. The van der Waals surface area contributed by atoms with Gasteiger partial charge in [0.25, 0.3) is 0 Å². The Bertz CT molecular complexity index is 690. The highest BCUT2D eigenvalue weighted by Gasteiger charge is 2.27. The summed E-state index contributed by atoms with van der Waals surface area (Å²) in [4.78, 5) is 12.5. The second-order valence-corrected chi connectivity index (χ2v) is 8.32. The van der Waals surface area contributed by atoms with Gasteiger partial charge in [-0.25, -0.2) is 4.99 Å². The lowest BCUT2D eigenvalue weighted by molar-refractivity contribution is 0.281. The molecule has 160 valence electrons. The minimum Gasteiger partial charge on any atom is -0.364 e. The summed E-state index contributed by atoms with van der Waals surface area (Å²) in [6.45, 7) is 12.0. The van der Waals surface area contributed by atoms with Gasteiger partial charge in [0.2, 0.25) is 0 Å². The van der Waals surface area contributed by atoms with Crippen LogP contribution in [0.25, 0.3) is 0 Å². The highest BCUT2D eigenvalue weighted by molar-refractivity contribution is 14.0. The maximum Gasteiger partial charge on any atom is 0.194 e. The van der Waals surface area contributed by atoms with Crippen molar-refractivity contribution in [1.29, 1.82) is 0 Å². The summed E-state index contributed by atoms with van der Waals surface area (Å²) in [7, 11) is 0. The molecule has 3 aliphatic heterocycles. The van der Waals surface area contributed by atoms with E-state index >= 15 is 0 Å². The molecule has 2 fully saturated rings. The molecule has 0 bridgehead atoms. The smallest absolute Gasteiger partial charge is 0.194 e. The summed E-state index contributed by atoms with van der Waals surface area (Å²) < 4.78 is 0. The van der Waals surface area contributed by atoms with E-state index in [0.29, 0.717) is 0 Å². The molecule has 0 saturated carbocycles. The van der Waals surface area contributed by atoms with Gasteiger partial charge in [-0.05, 0) is 62.9 Å². The van der Waals surface area contributed by atoms with Crippen molar-refractivity contribution in [2.75, 3.05) is 57.3 Å². The molecular weight excluding hydrogens is 473 g/mol. The molecule has 5 nitrogen and oxygen atoms in total. The zero-order valence-electron chi connectivity index (χ0n) is 17.7. The summed E-state index contributed by atoms with van der Waals surface area (Å²) in [6.07, 6.45) is 8.53. The number of halogens is 1. The first-order valence-corrected chi connectivity index (χ1v) is 11.1. The molecule has 6 heteroatoms. The molecule has 3 heterocycles. The normalized spacial score (nSPS) is 22.4. The van der Waals surface area contributed by atoms with E-state index in [9.17, 15) is 0 Å². The molecule has 1 atom stereocenters. The number of guanidine groups is 1. The molecule has 0 radical (unpaired) electrons. The topological polar surface area (TPSA) is 34.1 Å². The summed E-state index contributed by atoms with van der Waals surface area (Å²) in [5.74, 6) is 1.87. The van der Waals surface area contributed by atoms with Crippen LogP contribution in [-0.4, -0.2) is 68.1 Å². The zero-order chi connectivity index (χ0) is 19.2. The zero-order valence-corrected chi connectivity index (χ0v) is 20.1. The van der Waals surface area contributed by atoms with Gasteiger partial charge in [-0.2, -0.15) is 0 Å². The average Bonchev–Trinajstić information content (AvgIpc) is 3.48. The van der Waals surface area contributed by atoms with Gasteiger partial charge in [-0.15, -0.1) is 24.0 Å². The first-order chi connectivity index (χ1) is 13.8. The van der Waals surface area contributed by atoms with Gasteiger partial charge in [0.05, 0.1) is 6.54 Å². The standard InChI is InChI=1S/C23H35N5.HI/c1-2-24-23(28-15-10-21(19-28)18-26-11-3-4-12-26)25-17-20-8-7-9-22(16-20)27-13-5-6-14-27;/h5-9,16,21H,2-4,10-15,17-19H2,1H3,(H,24,25);1H. The van der Waals surface area contributed by atoms with E-state index in [2.05, 4.69) is 63.4 Å². The number of anilines is 1. The van der Waals surface area contributed by atoms with Crippen LogP contribution in [0.15, 0.2) is 41.4 Å². The molecular formula is C23H36IN5. The Balaban J connectivity index is 0.00000240. The number of aliphatic imine (C=N–C) groups is 1. The maximum absolute atomic E-state index is 4.98. The van der Waals surface area contributed by atoms with Crippen LogP contribution >= 0.6 is 24.0 Å². The van der Waals surface area contributed by atoms with Crippen molar-refractivity contribution in [3.05, 3.63) is 42.0 Å². The third kappa shape index (κ3) is 6.10. The molecule has 1 aromatic rings. The van der Waals surface area contributed by atoms with Crippen molar-refractivity contribution in [2.24, 2.45) is 10.9 Å². The highest BCUT2D eigenvalue weighted by Crippen LogP contribution is 2.21. The van der Waals surface area contributed by atoms with E-state index in [1.54, 1.807) is 0 Å². The Morgan fingerprint density at radius 3 is 2.69 bits per heavy atom. The molecule has 2 saturated heterocycles. The van der Waals surface area contributed by atoms with E-state index in [1.165, 1.54) is 50.1 Å². The van der Waals surface area contributed by atoms with Crippen LogP contribution in [0.4, 0.5) is 5.69 Å². The molecule has 4 rings (SSSR count). The lowest BCUT2D eigenvalue weighted by Crippen LogP contribution is -2.40. The predicted octanol–water partition coefficient (Wildman–Crippen LogP) is 3.56. The molecule has 0 aliphatic carbocycles. The molecule has 1 N–H and O–H groups in total. The quantitative estimate of drug-likeness (QED) is 0.275. The van der Waals surface area contributed by atoms with Crippen molar-refractivity contribution in [2.45, 2.75) is 32.7 Å². The fourth-order valence-corrected chi connectivity index (χ4v) is 4.64. The number of rotatable bonds is 6. The van der Waals surface area contributed by atoms with Crippen molar-refractivity contribution in [3.8, 4) is 0 Å². The Morgan fingerprint density at radius 2 is 1.93 bits per heavy atom. The third-order valence-corrected chi connectivity index (χ3v) is 6.14. The summed E-state index contributed by atoms with van der Waals surface area (Å²) in [6, 6.07) is 8.85. The Morgan fingerprint density at radius 1 is 1.14 bits per heavy atom. The average molecular weight is 509 g/mol. The van der Waals surface area contributed by atoms with E-state index in [1.807, 2.05) is 0 Å². The minimum absolute atomic E-state index is 0. The van der Waals surface area contributed by atoms with Crippen LogP contribution in [-0.2, 0) is 6.54 Å². The fraction of sp³-hybridized carbons (Fsp3) is 0.609. The largest absolute Gasteiger partial charge is 0.364 e. The second-order valence-electron chi connectivity index (χ2n) is 8.32. The molecule has 0 amide bonds. The monoisotopic (exact) mass is 509 g/mol. The third-order valence-electron chi connectivity index (χ3n) is 6.14. The molecule has 0 aromatic heterocycles. The molecule has 1 unspecified atom stereocenters. The fourth-order valence-electron chi connectivity index (χ4n) is 4.64. The maximum atomic E-state index is 4.98. The number of benzene rings is 1. The van der Waals surface area contributed by atoms with Gasteiger partial charge >= 0.3 is 0 Å². The number of hydrogen-bond donors (Lipinski definition) is 1. The van der Waals surface area contributed by atoms with Crippen LogP contribution in [0, 0.1) is 5.92 Å². The predicted molar refractivity (Wildman–Crippen MR) is 133 cm³/mol. The van der Waals surface area contributed by atoms with Crippen LogP contribution < -0.4 is 10.2 Å². The Hall–Kier alpha value is -1.28. The second kappa shape index (κ2) is 11.2. The summed E-state index contributed by atoms with van der Waals surface area (Å²) >= 11 is 0. The number of likely N-dealkylation sites (tertiary alicyclic amines) is 2. The first kappa shape index (κ1) is 22.4. The van der Waals surface area contributed by atoms with Gasteiger partial charge in [-0.3, -0.25) is 0 Å². The summed E-state index contributed by atoms with van der Waals surface area (Å²) in [5, 5.41) is 3.52. The Kier molecular flexibility index (Phi) is 8.66. The number of hydrogen-bond acceptors (Lipinski definition) is 3. The van der Waals surface area contributed by atoms with Gasteiger partial charge in [-0.1, -0.05) is 24.3 Å². The highest BCUT2D eigenvalue weighted by atomic mass is 127. The van der Waals surface area contributed by atoms with Gasteiger partial charge in [0, 0.05) is 45.0 Å². The lowest BCUT2D eigenvalue weighted by atomic mass is 10.1. The van der Waals surface area contributed by atoms with Crippen LogP contribution in [0.2, 0.25) is 0 Å². The van der Waals surface area contributed by atoms with Gasteiger partial charge < -0.3 is 20.0 Å².